The Kier molecular flexibility index (Phi) is 4.04. The van der Waals surface area contributed by atoms with E-state index in [1.807, 2.05) is 6.07 Å². The second-order valence-electron chi connectivity index (χ2n) is 4.79. The van der Waals surface area contributed by atoms with Crippen molar-refractivity contribution in [2.75, 3.05) is 5.73 Å². The van der Waals surface area contributed by atoms with E-state index in [1.165, 1.54) is 6.07 Å². The lowest BCUT2D eigenvalue weighted by molar-refractivity contribution is 0.631. The number of anilines is 1. The Labute approximate surface area is 140 Å². The Morgan fingerprint density at radius 3 is 2.52 bits per heavy atom. The van der Waals surface area contributed by atoms with E-state index in [0.29, 0.717) is 21.3 Å². The van der Waals surface area contributed by atoms with Gasteiger partial charge in [-0.25, -0.2) is 9.37 Å². The van der Waals surface area contributed by atoms with Gasteiger partial charge in [0.2, 0.25) is 0 Å². The maximum absolute atomic E-state index is 14.2. The highest BCUT2D eigenvalue weighted by Crippen LogP contribution is 2.33. The lowest BCUT2D eigenvalue weighted by Crippen LogP contribution is -2.00. The second-order valence-corrected chi connectivity index (χ2v) is 5.70. The van der Waals surface area contributed by atoms with Crippen LogP contribution in [0.3, 0.4) is 0 Å². The molecule has 112 valence electrons. The minimum atomic E-state index is -0.434. The predicted molar refractivity (Wildman–Crippen MR) is 89.7 cm³/mol. The molecule has 23 heavy (non-hydrogen) atoms. The molecule has 1 aromatic carbocycles. The number of aromatic nitrogens is 2. The molecule has 0 saturated heterocycles. The van der Waals surface area contributed by atoms with Crippen molar-refractivity contribution in [2.45, 2.75) is 0 Å². The maximum Gasteiger partial charge on any atom is 0.142 e. The summed E-state index contributed by atoms with van der Waals surface area (Å²) in [6.45, 7) is 0. The van der Waals surface area contributed by atoms with Gasteiger partial charge >= 0.3 is 0 Å². The van der Waals surface area contributed by atoms with Crippen molar-refractivity contribution >= 4 is 21.7 Å². The van der Waals surface area contributed by atoms with Crippen molar-refractivity contribution in [3.63, 3.8) is 0 Å². The van der Waals surface area contributed by atoms with Crippen molar-refractivity contribution in [2.24, 2.45) is 0 Å². The van der Waals surface area contributed by atoms with Gasteiger partial charge in [-0.3, -0.25) is 4.98 Å². The lowest BCUT2D eigenvalue weighted by Gasteiger charge is -2.11. The Morgan fingerprint density at radius 1 is 1.09 bits per heavy atom. The van der Waals surface area contributed by atoms with Crippen molar-refractivity contribution in [1.82, 2.24) is 9.97 Å². The van der Waals surface area contributed by atoms with Gasteiger partial charge in [-0.15, -0.1) is 0 Å². The zero-order valence-electron chi connectivity index (χ0n) is 11.8. The van der Waals surface area contributed by atoms with E-state index in [2.05, 4.69) is 25.9 Å². The minimum absolute atomic E-state index is 0.0659. The van der Waals surface area contributed by atoms with Crippen LogP contribution in [0.4, 0.5) is 10.2 Å². The largest absolute Gasteiger partial charge is 0.383 e. The number of nitriles is 1. The number of nitrogens with zero attached hydrogens (tertiary/aromatic N) is 3. The Bertz CT molecular complexity index is 920. The van der Waals surface area contributed by atoms with Crippen LogP contribution in [0.25, 0.3) is 22.4 Å². The van der Waals surface area contributed by atoms with E-state index in [9.17, 15) is 9.65 Å². The maximum atomic E-state index is 14.2. The summed E-state index contributed by atoms with van der Waals surface area (Å²) in [5.74, 6) is -0.368. The van der Waals surface area contributed by atoms with Gasteiger partial charge in [0, 0.05) is 33.6 Å². The Hall–Kier alpha value is -2.78. The van der Waals surface area contributed by atoms with E-state index in [-0.39, 0.29) is 11.4 Å². The lowest BCUT2D eigenvalue weighted by atomic mass is 9.98. The van der Waals surface area contributed by atoms with Gasteiger partial charge < -0.3 is 5.73 Å². The normalized spacial score (nSPS) is 10.3. The number of hydrogen-bond acceptors (Lipinski definition) is 4. The highest BCUT2D eigenvalue weighted by atomic mass is 79.9. The highest BCUT2D eigenvalue weighted by Gasteiger charge is 2.16. The zero-order chi connectivity index (χ0) is 16.4. The van der Waals surface area contributed by atoms with Gasteiger partial charge in [-0.05, 0) is 36.4 Å². The number of rotatable bonds is 2. The quantitative estimate of drug-likeness (QED) is 0.736. The average molecular weight is 369 g/mol. The third-order valence-electron chi connectivity index (χ3n) is 3.35. The number of nitrogens with two attached hydrogens (primary N) is 1. The van der Waals surface area contributed by atoms with Crippen LogP contribution >= 0.6 is 15.9 Å². The van der Waals surface area contributed by atoms with Crippen LogP contribution in [-0.4, -0.2) is 9.97 Å². The molecule has 0 spiro atoms. The van der Waals surface area contributed by atoms with Gasteiger partial charge in [-0.2, -0.15) is 5.26 Å². The van der Waals surface area contributed by atoms with Crippen molar-refractivity contribution in [1.29, 1.82) is 5.26 Å². The van der Waals surface area contributed by atoms with Gasteiger partial charge in [0.15, 0.2) is 0 Å². The molecule has 0 radical (unpaired) electrons. The van der Waals surface area contributed by atoms with Crippen LogP contribution in [0.15, 0.2) is 53.3 Å². The summed E-state index contributed by atoms with van der Waals surface area (Å²) in [5, 5.41) is 9.37. The first kappa shape index (κ1) is 15.1. The molecule has 0 bridgehead atoms. The van der Waals surface area contributed by atoms with E-state index in [0.717, 1.165) is 5.56 Å². The molecule has 0 atom stereocenters. The minimum Gasteiger partial charge on any atom is -0.383 e. The molecule has 2 aromatic heterocycles. The molecule has 0 aliphatic carbocycles. The first-order chi connectivity index (χ1) is 11.1. The molecule has 0 fully saturated rings. The number of halogens is 2. The molecular formula is C17H10BrFN4. The smallest absolute Gasteiger partial charge is 0.142 e. The molecule has 0 aliphatic heterocycles. The first-order valence-electron chi connectivity index (χ1n) is 6.66. The molecule has 3 rings (SSSR count). The molecule has 0 aliphatic rings. The van der Waals surface area contributed by atoms with Crippen LogP contribution in [0.1, 0.15) is 5.56 Å². The van der Waals surface area contributed by atoms with Crippen molar-refractivity contribution in [3.05, 3.63) is 64.6 Å². The molecule has 6 heteroatoms. The van der Waals surface area contributed by atoms with E-state index in [1.54, 1.807) is 42.7 Å². The summed E-state index contributed by atoms with van der Waals surface area (Å²) < 4.78 is 14.9. The summed E-state index contributed by atoms with van der Waals surface area (Å²) >= 11 is 3.32. The van der Waals surface area contributed by atoms with Crippen LogP contribution in [0, 0.1) is 17.1 Å². The van der Waals surface area contributed by atoms with E-state index in [4.69, 9.17) is 5.73 Å². The molecule has 0 saturated carbocycles. The Balaban J connectivity index is 2.29. The number of hydrogen-bond donors (Lipinski definition) is 1. The summed E-state index contributed by atoms with van der Waals surface area (Å²) in [5.41, 5.74) is 8.10. The Morgan fingerprint density at radius 2 is 1.83 bits per heavy atom. The summed E-state index contributed by atoms with van der Waals surface area (Å²) in [4.78, 5) is 8.20. The first-order valence-corrected chi connectivity index (χ1v) is 7.46. The average Bonchev–Trinajstić information content (AvgIpc) is 2.57. The van der Waals surface area contributed by atoms with Crippen LogP contribution < -0.4 is 5.73 Å². The SMILES string of the molecule is N#Cc1c(-c2cc(Br)ccc2F)cc(-c2ccncc2)nc1N. The second kappa shape index (κ2) is 6.15. The van der Waals surface area contributed by atoms with Gasteiger partial charge in [0.1, 0.15) is 23.3 Å². The molecule has 0 unspecified atom stereocenters. The van der Waals surface area contributed by atoms with Crippen LogP contribution in [0.5, 0.6) is 0 Å². The van der Waals surface area contributed by atoms with Crippen LogP contribution in [0.2, 0.25) is 0 Å². The fraction of sp³-hybridized carbons (Fsp3) is 0. The third kappa shape index (κ3) is 2.91. The predicted octanol–water partition coefficient (Wildman–Crippen LogP) is 4.17. The standard InChI is InChI=1S/C17H10BrFN4/c18-11-1-2-15(19)13(7-11)12-8-16(10-3-5-22-6-4-10)23-17(21)14(12)9-20/h1-8H,(H2,21,23). The number of benzene rings is 1. The molecule has 2 heterocycles. The fourth-order valence-electron chi connectivity index (χ4n) is 2.27. The molecular weight excluding hydrogens is 359 g/mol. The van der Waals surface area contributed by atoms with E-state index < -0.39 is 5.82 Å². The summed E-state index contributed by atoms with van der Waals surface area (Å²) in [7, 11) is 0. The topological polar surface area (TPSA) is 75.6 Å². The highest BCUT2D eigenvalue weighted by molar-refractivity contribution is 9.10. The van der Waals surface area contributed by atoms with Crippen molar-refractivity contribution < 1.29 is 4.39 Å². The zero-order valence-corrected chi connectivity index (χ0v) is 13.4. The third-order valence-corrected chi connectivity index (χ3v) is 3.85. The van der Waals surface area contributed by atoms with Gasteiger partial charge in [0.25, 0.3) is 0 Å². The molecule has 2 N–H and O–H groups in total. The monoisotopic (exact) mass is 368 g/mol. The molecule has 4 nitrogen and oxygen atoms in total. The van der Waals surface area contributed by atoms with Crippen molar-refractivity contribution in [3.8, 4) is 28.5 Å². The molecule has 0 amide bonds. The van der Waals surface area contributed by atoms with E-state index >= 15 is 0 Å². The number of nitrogen functional groups attached to an aromatic ring is 1. The molecule has 3 aromatic rings. The number of pyridine rings is 2. The van der Waals surface area contributed by atoms with Gasteiger partial charge in [0.05, 0.1) is 5.69 Å². The van der Waals surface area contributed by atoms with Crippen LogP contribution in [-0.2, 0) is 0 Å². The summed E-state index contributed by atoms with van der Waals surface area (Å²) in [6.07, 6.45) is 3.26. The summed E-state index contributed by atoms with van der Waals surface area (Å²) in [6, 6.07) is 11.8. The fourth-order valence-corrected chi connectivity index (χ4v) is 2.63. The van der Waals surface area contributed by atoms with Gasteiger partial charge in [-0.1, -0.05) is 15.9 Å².